The highest BCUT2D eigenvalue weighted by molar-refractivity contribution is 7.13. The van der Waals surface area contributed by atoms with Crippen molar-refractivity contribution in [1.82, 2.24) is 34.9 Å². The molecule has 4 N–H and O–H groups in total. The summed E-state index contributed by atoms with van der Waals surface area (Å²) < 4.78 is 31.7. The number of benzene rings is 3. The number of rotatable bonds is 11. The van der Waals surface area contributed by atoms with Crippen molar-refractivity contribution in [1.29, 1.82) is 0 Å². The number of nitrogens with one attached hydrogen (secondary N) is 4. The minimum atomic E-state index is -2.88. The van der Waals surface area contributed by atoms with Gasteiger partial charge in [-0.15, -0.1) is 11.3 Å². The average Bonchev–Trinajstić information content (AvgIpc) is 4.12. The van der Waals surface area contributed by atoms with Gasteiger partial charge in [0.25, 0.3) is 11.8 Å². The fourth-order valence-electron chi connectivity index (χ4n) is 11.5. The third-order valence-corrected chi connectivity index (χ3v) is 16.9. The van der Waals surface area contributed by atoms with Crippen LogP contribution in [0.3, 0.4) is 0 Å². The molecule has 0 saturated carbocycles. The molecule has 5 fully saturated rings. The summed E-state index contributed by atoms with van der Waals surface area (Å²) >= 11 is 1.66. The molecule has 7 heterocycles. The number of hydrogen-bond donors (Lipinski definition) is 4. The van der Waals surface area contributed by atoms with Gasteiger partial charge in [0.15, 0.2) is 0 Å². The first kappa shape index (κ1) is 50.2. The van der Waals surface area contributed by atoms with E-state index < -0.39 is 23.9 Å². The molecule has 10 rings (SSSR count). The maximum absolute atomic E-state index is 14.3. The largest absolute Gasteiger partial charge is 0.375 e. The van der Waals surface area contributed by atoms with Gasteiger partial charge in [0, 0.05) is 97.5 Å². The highest BCUT2D eigenvalue weighted by atomic mass is 32.1. The SMILES string of the molecule is Cc1ccc(N[C@@H]2CNCC2(F)F)cc1C(=O)N[C@H](C)c1ccc(C#CC2CCN(CC3CCN(C(=O)C4CCN(c5ccc6c(c5)n(C)c(=O)n6C5CCC(=O)NC5=O)CC4)CC3)CC2)c(-c2cccs2)c1. The van der Waals surface area contributed by atoms with E-state index in [4.69, 9.17) is 0 Å². The second-order valence-corrected chi connectivity index (χ2v) is 21.8. The molecule has 14 nitrogen and oxygen atoms in total. The molecule has 5 aromatic rings. The van der Waals surface area contributed by atoms with E-state index >= 15 is 0 Å². The van der Waals surface area contributed by atoms with Crippen LogP contribution in [-0.4, -0.2) is 113 Å². The molecular weight excluding hydrogens is 949 g/mol. The van der Waals surface area contributed by atoms with Gasteiger partial charge in [-0.1, -0.05) is 30.0 Å². The molecule has 0 aliphatic carbocycles. The molecule has 0 spiro atoms. The second-order valence-electron chi connectivity index (χ2n) is 20.8. The Labute approximate surface area is 428 Å². The zero-order chi connectivity index (χ0) is 51.0. The van der Waals surface area contributed by atoms with Crippen molar-refractivity contribution in [2.75, 3.05) is 69.1 Å². The number of aromatic nitrogens is 2. The van der Waals surface area contributed by atoms with E-state index in [0.29, 0.717) is 35.0 Å². The molecule has 3 atom stereocenters. The van der Waals surface area contributed by atoms with E-state index in [1.807, 2.05) is 44.2 Å². The smallest absolute Gasteiger partial charge is 0.329 e. The van der Waals surface area contributed by atoms with Gasteiger partial charge in [0.2, 0.25) is 17.7 Å². The number of piperidine rings is 4. The van der Waals surface area contributed by atoms with Gasteiger partial charge in [0.05, 0.1) is 23.6 Å². The molecule has 5 saturated heterocycles. The maximum Gasteiger partial charge on any atom is 0.329 e. The number of halogens is 2. The number of imide groups is 1. The van der Waals surface area contributed by atoms with E-state index in [1.165, 1.54) is 4.57 Å². The van der Waals surface area contributed by atoms with Crippen molar-refractivity contribution in [3.63, 3.8) is 0 Å². The van der Waals surface area contributed by atoms with Crippen LogP contribution in [0.25, 0.3) is 21.5 Å². The van der Waals surface area contributed by atoms with Crippen LogP contribution in [0.1, 0.15) is 97.4 Å². The minimum absolute atomic E-state index is 0.00357. The minimum Gasteiger partial charge on any atom is -0.375 e. The summed E-state index contributed by atoms with van der Waals surface area (Å²) in [5.41, 5.74) is 6.71. The maximum atomic E-state index is 14.3. The topological polar surface area (TPSA) is 153 Å². The highest BCUT2D eigenvalue weighted by Gasteiger charge is 2.44. The van der Waals surface area contributed by atoms with Gasteiger partial charge < -0.3 is 30.7 Å². The first-order valence-corrected chi connectivity index (χ1v) is 26.8. The first-order chi connectivity index (χ1) is 35.2. The van der Waals surface area contributed by atoms with Crippen LogP contribution in [-0.2, 0) is 21.4 Å². The van der Waals surface area contributed by atoms with Crippen LogP contribution in [0.2, 0.25) is 0 Å². The molecule has 1 unspecified atom stereocenters. The lowest BCUT2D eigenvalue weighted by Crippen LogP contribution is -2.47. The van der Waals surface area contributed by atoms with Gasteiger partial charge in [-0.2, -0.15) is 0 Å². The Balaban J connectivity index is 0.682. The molecule has 4 amide bonds. The molecule has 0 bridgehead atoms. The van der Waals surface area contributed by atoms with Crippen molar-refractivity contribution < 1.29 is 28.0 Å². The summed E-state index contributed by atoms with van der Waals surface area (Å²) in [5.74, 6) is 4.37. The van der Waals surface area contributed by atoms with E-state index in [-0.39, 0.29) is 54.9 Å². The van der Waals surface area contributed by atoms with Crippen molar-refractivity contribution in [2.45, 2.75) is 89.3 Å². The van der Waals surface area contributed by atoms with Crippen LogP contribution >= 0.6 is 11.3 Å². The summed E-state index contributed by atoms with van der Waals surface area (Å²) in [6, 6.07) is 19.3. The van der Waals surface area contributed by atoms with Gasteiger partial charge in [-0.05, 0) is 143 Å². The van der Waals surface area contributed by atoms with Crippen LogP contribution in [0.5, 0.6) is 0 Å². The number of alkyl halides is 2. The highest BCUT2D eigenvalue weighted by Crippen LogP contribution is 2.34. The van der Waals surface area contributed by atoms with Crippen LogP contribution in [0, 0.1) is 36.5 Å². The summed E-state index contributed by atoms with van der Waals surface area (Å²) in [5, 5.41) is 13.2. The van der Waals surface area contributed by atoms with Gasteiger partial charge in [-0.25, -0.2) is 13.6 Å². The Kier molecular flexibility index (Phi) is 14.6. The summed E-state index contributed by atoms with van der Waals surface area (Å²) in [6.45, 7) is 9.71. The molecule has 3 aromatic carbocycles. The van der Waals surface area contributed by atoms with E-state index in [9.17, 15) is 32.8 Å². The number of aryl methyl sites for hydroxylation is 2. The Morgan fingerprint density at radius 3 is 2.38 bits per heavy atom. The lowest BCUT2D eigenvalue weighted by Gasteiger charge is -2.39. The number of likely N-dealkylation sites (tertiary alicyclic amines) is 2. The Morgan fingerprint density at radius 2 is 1.67 bits per heavy atom. The molecular formula is C56H65F2N9O5S. The number of thiophene rings is 1. The predicted octanol–water partition coefficient (Wildman–Crippen LogP) is 7.08. The molecule has 17 heteroatoms. The number of fused-ring (bicyclic) bond motifs is 1. The molecule has 0 radical (unpaired) electrons. The van der Waals surface area contributed by atoms with Crippen LogP contribution in [0.15, 0.2) is 76.9 Å². The molecule has 2 aromatic heterocycles. The molecule has 5 aliphatic rings. The lowest BCUT2D eigenvalue weighted by atomic mass is 9.90. The van der Waals surface area contributed by atoms with E-state index in [1.54, 1.807) is 41.2 Å². The number of imidazole rings is 1. The predicted molar refractivity (Wildman–Crippen MR) is 281 cm³/mol. The fraction of sp³-hybridized carbons (Fsp3) is 0.482. The Bertz CT molecular complexity index is 3010. The van der Waals surface area contributed by atoms with Crippen LogP contribution < -0.4 is 31.9 Å². The van der Waals surface area contributed by atoms with E-state index in [2.05, 4.69) is 71.4 Å². The fourth-order valence-corrected chi connectivity index (χ4v) is 12.2. The number of anilines is 2. The average molecular weight is 1010 g/mol. The molecule has 384 valence electrons. The number of hydrogen-bond acceptors (Lipinski definition) is 10. The Morgan fingerprint density at radius 1 is 0.890 bits per heavy atom. The number of nitrogens with zero attached hydrogens (tertiary/aromatic N) is 5. The zero-order valence-electron chi connectivity index (χ0n) is 41.9. The van der Waals surface area contributed by atoms with Crippen molar-refractivity contribution in [3.8, 4) is 22.3 Å². The monoisotopic (exact) mass is 1010 g/mol. The normalized spacial score (nSPS) is 21.7. The summed E-state index contributed by atoms with van der Waals surface area (Å²) in [7, 11) is 1.71. The van der Waals surface area contributed by atoms with Gasteiger partial charge in [-0.3, -0.25) is 33.6 Å². The van der Waals surface area contributed by atoms with E-state index in [0.717, 1.165) is 123 Å². The van der Waals surface area contributed by atoms with Crippen molar-refractivity contribution in [2.24, 2.45) is 24.8 Å². The molecule has 73 heavy (non-hydrogen) atoms. The van der Waals surface area contributed by atoms with Crippen molar-refractivity contribution in [3.05, 3.63) is 105 Å². The van der Waals surface area contributed by atoms with Crippen LogP contribution in [0.4, 0.5) is 20.2 Å². The quantitative estimate of drug-likeness (QED) is 0.0804. The summed E-state index contributed by atoms with van der Waals surface area (Å²) in [6.07, 6.45) is 6.08. The number of carbonyl (C=O) groups is 4. The third-order valence-electron chi connectivity index (χ3n) is 16.0. The summed E-state index contributed by atoms with van der Waals surface area (Å²) in [4.78, 5) is 73.2. The van der Waals surface area contributed by atoms with Gasteiger partial charge in [0.1, 0.15) is 12.1 Å². The number of carbonyl (C=O) groups excluding carboxylic acids is 4. The second kappa shape index (κ2) is 21.2. The standard InChI is InChI=1S/C56H65F2N9O5S/c1-35-6-11-42(61-50-32-59-34-56(50,57)58)30-44(35)52(69)60-36(2)41-10-9-39(45(29-41)49-5-4-28-73-49)8-7-37-16-22-64(23-17-37)33-38-18-24-66(25-19-38)54(71)40-20-26-65(27-21-40)43-12-13-46-48(31-43)63(3)55(72)67(46)47-14-15-51(68)62-53(47)70/h4-6,9-13,28-31,36-38,40,47,50,59,61H,14-27,32-34H2,1-3H3,(H,60,69)(H,62,68,70)/t36-,47?,50-/m1/s1. The third kappa shape index (κ3) is 10.8. The number of amides is 4. The first-order valence-electron chi connectivity index (χ1n) is 26.0. The van der Waals surface area contributed by atoms with Gasteiger partial charge >= 0.3 is 5.69 Å². The lowest BCUT2D eigenvalue weighted by molar-refractivity contribution is -0.138. The van der Waals surface area contributed by atoms with Crippen molar-refractivity contribution >= 4 is 57.4 Å². The molecule has 5 aliphatic heterocycles. The Hall–Kier alpha value is -6.35. The zero-order valence-corrected chi connectivity index (χ0v) is 42.7.